The van der Waals surface area contributed by atoms with Crippen molar-refractivity contribution < 1.29 is 0 Å². The number of alkyl halides is 1. The predicted molar refractivity (Wildman–Crippen MR) is 55.4 cm³/mol. The van der Waals surface area contributed by atoms with E-state index in [2.05, 4.69) is 31.7 Å². The van der Waals surface area contributed by atoms with Gasteiger partial charge in [0.05, 0.1) is 0 Å². The lowest BCUT2D eigenvalue weighted by Crippen LogP contribution is -2.03. The van der Waals surface area contributed by atoms with Crippen molar-refractivity contribution in [1.82, 2.24) is 0 Å². The van der Waals surface area contributed by atoms with Gasteiger partial charge in [-0.1, -0.05) is 36.5 Å². The van der Waals surface area contributed by atoms with Gasteiger partial charge in [0.2, 0.25) is 0 Å². The lowest BCUT2D eigenvalue weighted by atomic mass is 9.90. The molecule has 0 aliphatic heterocycles. The minimum Gasteiger partial charge on any atom is -0.122 e. The molecule has 0 spiro atoms. The summed E-state index contributed by atoms with van der Waals surface area (Å²) in [5.41, 5.74) is 1.11. The molecule has 0 bridgehead atoms. The van der Waals surface area contributed by atoms with E-state index in [0.29, 0.717) is 5.88 Å². The van der Waals surface area contributed by atoms with Crippen LogP contribution < -0.4 is 0 Å². The third-order valence-electron chi connectivity index (χ3n) is 2.02. The van der Waals surface area contributed by atoms with Gasteiger partial charge < -0.3 is 0 Å². The van der Waals surface area contributed by atoms with E-state index < -0.39 is 0 Å². The van der Waals surface area contributed by atoms with E-state index in [4.69, 9.17) is 11.6 Å². The Balaban J connectivity index is 2.90. The maximum Gasteiger partial charge on any atom is 0.0473 e. The topological polar surface area (TPSA) is 0 Å². The third kappa shape index (κ3) is 2.12. The second-order valence-corrected chi connectivity index (χ2v) is 3.41. The molecule has 1 aliphatic rings. The van der Waals surface area contributed by atoms with E-state index in [1.54, 1.807) is 0 Å². The Hall–Kier alpha value is -0.750. The Morgan fingerprint density at radius 1 is 1.58 bits per heavy atom. The zero-order valence-electron chi connectivity index (χ0n) is 7.26. The highest BCUT2D eigenvalue weighted by Gasteiger charge is 2.12. The molecule has 0 fully saturated rings. The first-order chi connectivity index (χ1) is 5.70. The zero-order valence-corrected chi connectivity index (χ0v) is 8.01. The van der Waals surface area contributed by atoms with Gasteiger partial charge in [0.1, 0.15) is 0 Å². The number of hydrogen-bond donors (Lipinski definition) is 0. The first kappa shape index (κ1) is 9.34. The minimum atomic E-state index is -0.0235. The normalized spacial score (nSPS) is 28.0. The van der Waals surface area contributed by atoms with Gasteiger partial charge in [0.25, 0.3) is 0 Å². The van der Waals surface area contributed by atoms with Crippen LogP contribution in [0, 0.1) is 5.41 Å². The van der Waals surface area contributed by atoms with Crippen molar-refractivity contribution in [3.8, 4) is 0 Å². The third-order valence-corrected chi connectivity index (χ3v) is 2.32. The molecule has 1 rings (SSSR count). The number of hydrogen-bond acceptors (Lipinski definition) is 0. The van der Waals surface area contributed by atoms with E-state index in [9.17, 15) is 0 Å². The van der Waals surface area contributed by atoms with Crippen LogP contribution >= 0.6 is 11.6 Å². The maximum absolute atomic E-state index is 5.71. The Morgan fingerprint density at radius 2 is 2.33 bits per heavy atom. The fourth-order valence-corrected chi connectivity index (χ4v) is 1.18. The van der Waals surface area contributed by atoms with Gasteiger partial charge in [-0.25, -0.2) is 0 Å². The van der Waals surface area contributed by atoms with Crippen LogP contribution in [-0.4, -0.2) is 5.88 Å². The second-order valence-electron chi connectivity index (χ2n) is 3.14. The Kier molecular flexibility index (Phi) is 2.93. The van der Waals surface area contributed by atoms with Crippen LogP contribution in [0.3, 0.4) is 0 Å². The molecule has 1 atom stereocenters. The summed E-state index contributed by atoms with van der Waals surface area (Å²) in [6, 6.07) is 0. The van der Waals surface area contributed by atoms with Crippen LogP contribution in [0.5, 0.6) is 0 Å². The number of rotatable bonds is 2. The van der Waals surface area contributed by atoms with Gasteiger partial charge in [0, 0.05) is 11.3 Å². The standard InChI is InChI=1S/C11H13Cl/c1-3-11(2)7-4-5-10(9-12)6-8-11/h3-8H,1,9H2,2H3. The van der Waals surface area contributed by atoms with Crippen LogP contribution in [-0.2, 0) is 0 Å². The molecule has 0 radical (unpaired) electrons. The highest BCUT2D eigenvalue weighted by atomic mass is 35.5. The Labute approximate surface area is 78.9 Å². The van der Waals surface area contributed by atoms with Gasteiger partial charge >= 0.3 is 0 Å². The molecule has 0 amide bonds. The fraction of sp³-hybridized carbons (Fsp3) is 0.273. The van der Waals surface area contributed by atoms with Crippen molar-refractivity contribution in [1.29, 1.82) is 0 Å². The van der Waals surface area contributed by atoms with Crippen molar-refractivity contribution in [3.63, 3.8) is 0 Å². The molecular formula is C11H13Cl. The molecule has 1 unspecified atom stereocenters. The fourth-order valence-electron chi connectivity index (χ4n) is 1.00. The molecule has 0 saturated carbocycles. The Bertz CT molecular complexity index is 258. The monoisotopic (exact) mass is 180 g/mol. The van der Waals surface area contributed by atoms with Crippen LogP contribution in [0.25, 0.3) is 0 Å². The van der Waals surface area contributed by atoms with Gasteiger partial charge in [0.15, 0.2) is 0 Å². The molecule has 0 aromatic carbocycles. The van der Waals surface area contributed by atoms with Crippen LogP contribution in [0.4, 0.5) is 0 Å². The summed E-state index contributed by atoms with van der Waals surface area (Å²) in [7, 11) is 0. The van der Waals surface area contributed by atoms with Crippen molar-refractivity contribution in [2.75, 3.05) is 5.88 Å². The smallest absolute Gasteiger partial charge is 0.0473 e. The number of halogens is 1. The summed E-state index contributed by atoms with van der Waals surface area (Å²) in [5.74, 6) is 0.564. The Morgan fingerprint density at radius 3 is 2.92 bits per heavy atom. The largest absolute Gasteiger partial charge is 0.122 e. The SMILES string of the molecule is C=CC1(C)C=CC=C(CCl)C=C1. The van der Waals surface area contributed by atoms with Crippen molar-refractivity contribution in [3.05, 3.63) is 48.6 Å². The van der Waals surface area contributed by atoms with Crippen LogP contribution in [0.15, 0.2) is 48.6 Å². The second kappa shape index (κ2) is 3.77. The summed E-state index contributed by atoms with van der Waals surface area (Å²) in [4.78, 5) is 0. The molecule has 0 aromatic heterocycles. The van der Waals surface area contributed by atoms with Gasteiger partial charge in [-0.3, -0.25) is 0 Å². The molecule has 64 valence electrons. The van der Waals surface area contributed by atoms with Crippen molar-refractivity contribution >= 4 is 11.6 Å². The minimum absolute atomic E-state index is 0.0235. The highest BCUT2D eigenvalue weighted by molar-refractivity contribution is 6.19. The lowest BCUT2D eigenvalue weighted by Gasteiger charge is -2.14. The molecular weight excluding hydrogens is 168 g/mol. The van der Waals surface area contributed by atoms with Crippen LogP contribution in [0.1, 0.15) is 6.92 Å². The van der Waals surface area contributed by atoms with E-state index in [-0.39, 0.29) is 5.41 Å². The lowest BCUT2D eigenvalue weighted by molar-refractivity contribution is 0.720. The molecule has 0 N–H and O–H groups in total. The number of allylic oxidation sites excluding steroid dienone is 7. The van der Waals surface area contributed by atoms with E-state index in [1.165, 1.54) is 0 Å². The highest BCUT2D eigenvalue weighted by Crippen LogP contribution is 2.24. The van der Waals surface area contributed by atoms with E-state index in [0.717, 1.165) is 5.57 Å². The summed E-state index contributed by atoms with van der Waals surface area (Å²) < 4.78 is 0. The van der Waals surface area contributed by atoms with E-state index in [1.807, 2.05) is 18.2 Å². The van der Waals surface area contributed by atoms with Gasteiger partial charge in [-0.05, 0) is 12.5 Å². The zero-order chi connectivity index (χ0) is 9.03. The molecule has 1 heteroatoms. The summed E-state index contributed by atoms with van der Waals surface area (Å²) in [6.45, 7) is 5.90. The first-order valence-electron chi connectivity index (χ1n) is 3.97. The molecule has 1 aliphatic carbocycles. The molecule has 0 nitrogen and oxygen atoms in total. The summed E-state index contributed by atoms with van der Waals surface area (Å²) in [6.07, 6.45) is 12.2. The average Bonchev–Trinajstić information content (AvgIpc) is 2.28. The average molecular weight is 181 g/mol. The van der Waals surface area contributed by atoms with Gasteiger partial charge in [-0.2, -0.15) is 0 Å². The van der Waals surface area contributed by atoms with Crippen LogP contribution in [0.2, 0.25) is 0 Å². The summed E-state index contributed by atoms with van der Waals surface area (Å²) >= 11 is 5.71. The van der Waals surface area contributed by atoms with Gasteiger partial charge in [-0.15, -0.1) is 18.2 Å². The first-order valence-corrected chi connectivity index (χ1v) is 4.51. The maximum atomic E-state index is 5.71. The molecule has 0 heterocycles. The predicted octanol–water partition coefficient (Wildman–Crippen LogP) is 3.47. The van der Waals surface area contributed by atoms with Crippen molar-refractivity contribution in [2.45, 2.75) is 6.92 Å². The quantitative estimate of drug-likeness (QED) is 0.451. The summed E-state index contributed by atoms with van der Waals surface area (Å²) in [5, 5.41) is 0. The molecule has 0 aromatic rings. The molecule has 12 heavy (non-hydrogen) atoms. The van der Waals surface area contributed by atoms with Crippen molar-refractivity contribution in [2.24, 2.45) is 5.41 Å². The van der Waals surface area contributed by atoms with E-state index >= 15 is 0 Å². The molecule has 0 saturated heterocycles.